The van der Waals surface area contributed by atoms with Crippen molar-refractivity contribution in [3.63, 3.8) is 0 Å². The number of rotatable bonds is 3. The molecule has 1 aromatic heterocycles. The fraction of sp³-hybridized carbons (Fsp3) is 0.294. The van der Waals surface area contributed by atoms with Gasteiger partial charge in [-0.3, -0.25) is 9.59 Å². The highest BCUT2D eigenvalue weighted by Crippen LogP contribution is 2.35. The minimum Gasteiger partial charge on any atom is -0.481 e. The number of fused-ring (bicyclic) bond motifs is 1. The third-order valence-electron chi connectivity index (χ3n) is 4.23. The molecule has 0 spiro atoms. The minimum absolute atomic E-state index is 0.0110. The van der Waals surface area contributed by atoms with Gasteiger partial charge >= 0.3 is 5.97 Å². The van der Waals surface area contributed by atoms with Crippen molar-refractivity contribution >= 4 is 17.6 Å². The standard InChI is InChI=1S/C17H17NO4/c1-10-8-14-12(11(2)13(10)9-16(19)20)5-6-18(14)17(21)15-4-3-7-22-15/h3-4,7-8H,5-6,9H2,1-2H3,(H,19,20). The first-order valence-corrected chi connectivity index (χ1v) is 7.18. The summed E-state index contributed by atoms with van der Waals surface area (Å²) >= 11 is 0. The number of carboxylic acid groups (broad SMARTS) is 1. The number of hydrogen-bond acceptors (Lipinski definition) is 3. The van der Waals surface area contributed by atoms with E-state index in [9.17, 15) is 9.59 Å². The van der Waals surface area contributed by atoms with Crippen molar-refractivity contribution in [2.45, 2.75) is 26.7 Å². The monoisotopic (exact) mass is 299 g/mol. The van der Waals surface area contributed by atoms with E-state index in [1.54, 1.807) is 17.0 Å². The Morgan fingerprint density at radius 1 is 1.36 bits per heavy atom. The molecule has 114 valence electrons. The number of aliphatic carboxylic acids is 1. The molecule has 0 saturated heterocycles. The van der Waals surface area contributed by atoms with Gasteiger partial charge in [0.2, 0.25) is 0 Å². The lowest BCUT2D eigenvalue weighted by atomic mass is 9.93. The molecule has 0 atom stereocenters. The average Bonchev–Trinajstić information content (AvgIpc) is 3.11. The number of carbonyl (C=O) groups is 2. The number of hydrogen-bond donors (Lipinski definition) is 1. The van der Waals surface area contributed by atoms with E-state index in [0.29, 0.717) is 12.3 Å². The Kier molecular flexibility index (Phi) is 3.48. The Labute approximate surface area is 128 Å². The molecule has 0 unspecified atom stereocenters. The van der Waals surface area contributed by atoms with Crippen molar-refractivity contribution in [3.05, 3.63) is 52.5 Å². The van der Waals surface area contributed by atoms with Crippen LogP contribution in [0.3, 0.4) is 0 Å². The lowest BCUT2D eigenvalue weighted by molar-refractivity contribution is -0.136. The molecule has 2 aromatic rings. The van der Waals surface area contributed by atoms with Crippen LogP contribution in [0, 0.1) is 13.8 Å². The molecule has 5 heteroatoms. The Morgan fingerprint density at radius 3 is 2.77 bits per heavy atom. The number of aryl methyl sites for hydroxylation is 1. The molecule has 1 aromatic carbocycles. The molecule has 0 radical (unpaired) electrons. The Hall–Kier alpha value is -2.56. The third kappa shape index (κ3) is 2.28. The van der Waals surface area contributed by atoms with Crippen molar-refractivity contribution in [2.75, 3.05) is 11.4 Å². The van der Waals surface area contributed by atoms with E-state index in [1.165, 1.54) is 6.26 Å². The fourth-order valence-corrected chi connectivity index (χ4v) is 3.12. The Bertz CT molecular complexity index is 747. The summed E-state index contributed by atoms with van der Waals surface area (Å²) in [7, 11) is 0. The van der Waals surface area contributed by atoms with Crippen molar-refractivity contribution in [1.82, 2.24) is 0 Å². The van der Waals surface area contributed by atoms with Crippen molar-refractivity contribution in [2.24, 2.45) is 0 Å². The second-order valence-corrected chi connectivity index (χ2v) is 5.55. The maximum absolute atomic E-state index is 12.5. The second-order valence-electron chi connectivity index (χ2n) is 5.55. The molecule has 1 amide bonds. The maximum atomic E-state index is 12.5. The quantitative estimate of drug-likeness (QED) is 0.946. The Morgan fingerprint density at radius 2 is 2.14 bits per heavy atom. The summed E-state index contributed by atoms with van der Waals surface area (Å²) < 4.78 is 5.19. The van der Waals surface area contributed by atoms with Gasteiger partial charge in [-0.05, 0) is 60.7 Å². The molecule has 5 nitrogen and oxygen atoms in total. The van der Waals surface area contributed by atoms with Gasteiger partial charge in [-0.1, -0.05) is 0 Å². The zero-order valence-corrected chi connectivity index (χ0v) is 12.5. The van der Waals surface area contributed by atoms with Crippen LogP contribution < -0.4 is 4.90 Å². The average molecular weight is 299 g/mol. The van der Waals surface area contributed by atoms with E-state index in [-0.39, 0.29) is 12.3 Å². The van der Waals surface area contributed by atoms with Crippen LogP contribution in [-0.4, -0.2) is 23.5 Å². The van der Waals surface area contributed by atoms with Crippen LogP contribution in [0.15, 0.2) is 28.9 Å². The molecule has 0 fully saturated rings. The molecule has 1 N–H and O–H groups in total. The van der Waals surface area contributed by atoms with Gasteiger partial charge in [-0.25, -0.2) is 0 Å². The predicted octanol–water partition coefficient (Wildman–Crippen LogP) is 2.73. The fourth-order valence-electron chi connectivity index (χ4n) is 3.12. The van der Waals surface area contributed by atoms with Gasteiger partial charge in [0.25, 0.3) is 5.91 Å². The molecule has 3 rings (SSSR count). The highest BCUT2D eigenvalue weighted by molar-refractivity contribution is 6.05. The van der Waals surface area contributed by atoms with Crippen molar-refractivity contribution in [3.8, 4) is 0 Å². The maximum Gasteiger partial charge on any atom is 0.307 e. The van der Waals surface area contributed by atoms with Gasteiger partial charge < -0.3 is 14.4 Å². The Balaban J connectivity index is 2.02. The summed E-state index contributed by atoms with van der Waals surface area (Å²) in [5.41, 5.74) is 4.65. The van der Waals surface area contributed by atoms with Crippen molar-refractivity contribution < 1.29 is 19.1 Å². The first kappa shape index (κ1) is 14.4. The topological polar surface area (TPSA) is 70.8 Å². The van der Waals surface area contributed by atoms with E-state index in [4.69, 9.17) is 9.52 Å². The second kappa shape index (κ2) is 5.33. The van der Waals surface area contributed by atoms with E-state index in [2.05, 4.69) is 0 Å². The molecule has 2 heterocycles. The number of anilines is 1. The predicted molar refractivity (Wildman–Crippen MR) is 81.3 cm³/mol. The SMILES string of the molecule is Cc1cc2c(c(C)c1CC(=O)O)CCN2C(=O)c1ccco1. The first-order chi connectivity index (χ1) is 10.5. The van der Waals surface area contributed by atoms with Gasteiger partial charge in [0, 0.05) is 12.2 Å². The molecule has 0 bridgehead atoms. The van der Waals surface area contributed by atoms with Crippen LogP contribution in [0.5, 0.6) is 0 Å². The number of nitrogens with zero attached hydrogens (tertiary/aromatic N) is 1. The molecule has 0 saturated carbocycles. The minimum atomic E-state index is -0.840. The lowest BCUT2D eigenvalue weighted by Gasteiger charge is -2.19. The first-order valence-electron chi connectivity index (χ1n) is 7.18. The van der Waals surface area contributed by atoms with Crippen LogP contribution in [0.2, 0.25) is 0 Å². The zero-order valence-electron chi connectivity index (χ0n) is 12.5. The highest BCUT2D eigenvalue weighted by Gasteiger charge is 2.29. The summed E-state index contributed by atoms with van der Waals surface area (Å²) in [5.74, 6) is -0.682. The van der Waals surface area contributed by atoms with E-state index in [0.717, 1.165) is 34.4 Å². The van der Waals surface area contributed by atoms with E-state index < -0.39 is 5.97 Å². The summed E-state index contributed by atoms with van der Waals surface area (Å²) in [6, 6.07) is 5.25. The van der Waals surface area contributed by atoms with Gasteiger partial charge in [0.1, 0.15) is 0 Å². The number of carbonyl (C=O) groups excluding carboxylic acids is 1. The summed E-state index contributed by atoms with van der Waals surface area (Å²) in [5, 5.41) is 9.05. The summed E-state index contributed by atoms with van der Waals surface area (Å²) in [4.78, 5) is 25.2. The number of furan rings is 1. The molecular weight excluding hydrogens is 282 g/mol. The zero-order chi connectivity index (χ0) is 15.9. The normalized spacial score (nSPS) is 13.3. The molecule has 1 aliphatic rings. The molecule has 22 heavy (non-hydrogen) atoms. The lowest BCUT2D eigenvalue weighted by Crippen LogP contribution is -2.28. The van der Waals surface area contributed by atoms with Crippen LogP contribution in [0.25, 0.3) is 0 Å². The van der Waals surface area contributed by atoms with E-state index in [1.807, 2.05) is 19.9 Å². The number of carboxylic acids is 1. The molecule has 0 aliphatic carbocycles. The molecule has 1 aliphatic heterocycles. The summed E-state index contributed by atoms with van der Waals surface area (Å²) in [6.07, 6.45) is 2.23. The van der Waals surface area contributed by atoms with Gasteiger partial charge in [0.15, 0.2) is 5.76 Å². The highest BCUT2D eigenvalue weighted by atomic mass is 16.4. The molecular formula is C17H17NO4. The third-order valence-corrected chi connectivity index (χ3v) is 4.23. The van der Waals surface area contributed by atoms with Crippen LogP contribution in [0.4, 0.5) is 5.69 Å². The van der Waals surface area contributed by atoms with Gasteiger partial charge in [-0.15, -0.1) is 0 Å². The van der Waals surface area contributed by atoms with E-state index >= 15 is 0 Å². The van der Waals surface area contributed by atoms with Crippen LogP contribution in [0.1, 0.15) is 32.8 Å². The van der Waals surface area contributed by atoms with Gasteiger partial charge in [-0.2, -0.15) is 0 Å². The van der Waals surface area contributed by atoms with Crippen LogP contribution in [-0.2, 0) is 17.6 Å². The number of amides is 1. The smallest absolute Gasteiger partial charge is 0.307 e. The number of benzene rings is 1. The van der Waals surface area contributed by atoms with Crippen LogP contribution >= 0.6 is 0 Å². The van der Waals surface area contributed by atoms with Gasteiger partial charge in [0.05, 0.1) is 12.7 Å². The summed E-state index contributed by atoms with van der Waals surface area (Å²) in [6.45, 7) is 4.41. The largest absolute Gasteiger partial charge is 0.481 e. The van der Waals surface area contributed by atoms with Crippen molar-refractivity contribution in [1.29, 1.82) is 0 Å².